The van der Waals surface area contributed by atoms with E-state index in [4.69, 9.17) is 0 Å². The summed E-state index contributed by atoms with van der Waals surface area (Å²) < 4.78 is 0. The Morgan fingerprint density at radius 3 is 2.59 bits per heavy atom. The highest BCUT2D eigenvalue weighted by atomic mass is 16.2. The summed E-state index contributed by atoms with van der Waals surface area (Å²) in [4.78, 5) is 36.4. The minimum absolute atomic E-state index is 0.0305. The molecular formula is C31H32N6O2. The van der Waals surface area contributed by atoms with Crippen molar-refractivity contribution in [2.45, 2.75) is 39.7 Å². The molecule has 0 spiro atoms. The number of piperazine rings is 1. The van der Waals surface area contributed by atoms with E-state index in [1.165, 1.54) is 0 Å². The van der Waals surface area contributed by atoms with Crippen LogP contribution in [0.1, 0.15) is 45.5 Å². The predicted octanol–water partition coefficient (Wildman–Crippen LogP) is 4.05. The van der Waals surface area contributed by atoms with Crippen LogP contribution >= 0.6 is 0 Å². The summed E-state index contributed by atoms with van der Waals surface area (Å²) in [5.74, 6) is 0.370. The Labute approximate surface area is 229 Å². The molecule has 0 aliphatic carbocycles. The Morgan fingerprint density at radius 2 is 1.90 bits per heavy atom. The fourth-order valence-electron chi connectivity index (χ4n) is 5.70. The van der Waals surface area contributed by atoms with Crippen molar-refractivity contribution in [3.8, 4) is 6.07 Å². The van der Waals surface area contributed by atoms with Crippen molar-refractivity contribution in [2.75, 3.05) is 47.8 Å². The van der Waals surface area contributed by atoms with Crippen molar-refractivity contribution >= 4 is 29.0 Å². The van der Waals surface area contributed by atoms with Crippen LogP contribution in [0.15, 0.2) is 42.6 Å². The molecule has 2 saturated heterocycles. The molecule has 0 atom stereocenters. The lowest BCUT2D eigenvalue weighted by molar-refractivity contribution is -0.120. The largest absolute Gasteiger partial charge is 0.382 e. The first-order valence-electron chi connectivity index (χ1n) is 13.3. The molecule has 3 heterocycles. The van der Waals surface area contributed by atoms with Gasteiger partial charge in [-0.2, -0.15) is 5.26 Å². The molecule has 3 aromatic rings. The Hall–Kier alpha value is -4.56. The Bertz CT molecular complexity index is 1420. The zero-order valence-electron chi connectivity index (χ0n) is 22.6. The van der Waals surface area contributed by atoms with E-state index in [0.29, 0.717) is 30.0 Å². The van der Waals surface area contributed by atoms with E-state index in [-0.39, 0.29) is 24.4 Å². The number of piperidine rings is 1. The Morgan fingerprint density at radius 1 is 1.10 bits per heavy atom. The molecule has 2 fully saturated rings. The average molecular weight is 521 g/mol. The van der Waals surface area contributed by atoms with Crippen LogP contribution in [-0.2, 0) is 4.79 Å². The molecule has 8 nitrogen and oxygen atoms in total. The number of pyridine rings is 1. The molecule has 8 heteroatoms. The van der Waals surface area contributed by atoms with Gasteiger partial charge < -0.3 is 15.1 Å². The molecule has 1 aromatic heterocycles. The van der Waals surface area contributed by atoms with Gasteiger partial charge in [0, 0.05) is 49.7 Å². The van der Waals surface area contributed by atoms with E-state index in [9.17, 15) is 14.9 Å². The van der Waals surface area contributed by atoms with Crippen molar-refractivity contribution in [2.24, 2.45) is 0 Å². The highest BCUT2D eigenvalue weighted by molar-refractivity contribution is 6.03. The number of anilines is 3. The number of amides is 2. The summed E-state index contributed by atoms with van der Waals surface area (Å²) in [5.41, 5.74) is 6.01. The average Bonchev–Trinajstić information content (AvgIpc) is 2.96. The number of hydrogen-bond donors (Lipinski definition) is 1. The van der Waals surface area contributed by atoms with Crippen molar-refractivity contribution in [3.05, 3.63) is 82.5 Å². The second-order valence-corrected chi connectivity index (χ2v) is 10.2. The summed E-state index contributed by atoms with van der Waals surface area (Å²) in [7, 11) is 0. The number of benzene rings is 1. The van der Waals surface area contributed by atoms with Crippen LogP contribution in [0.2, 0.25) is 0 Å². The number of carbonyl (C=O) groups excluding carboxylic acids is 2. The fraction of sp³-hybridized carbons (Fsp3) is 0.355. The zero-order valence-corrected chi connectivity index (χ0v) is 22.6. The number of aryl methyl sites for hydroxylation is 2. The van der Waals surface area contributed by atoms with Crippen LogP contribution in [0.5, 0.6) is 0 Å². The van der Waals surface area contributed by atoms with Gasteiger partial charge in [0.25, 0.3) is 5.91 Å². The molecule has 0 saturated carbocycles. The quantitative estimate of drug-likeness (QED) is 0.546. The molecular weight excluding hydrogens is 488 g/mol. The SMILES string of the molecule is Cc1cc(C)c(C(=O)N2CCN(c3ccccn3)C(=O)C2)c(C)c1NC1CCN(c2ccc#cc2C#N)CC1. The molecule has 0 unspecified atom stereocenters. The summed E-state index contributed by atoms with van der Waals surface area (Å²) >= 11 is 0. The number of carbonyl (C=O) groups is 2. The zero-order chi connectivity index (χ0) is 27.5. The molecule has 0 radical (unpaired) electrons. The van der Waals surface area contributed by atoms with E-state index < -0.39 is 0 Å². The number of nitrogens with zero attached hydrogens (tertiary/aromatic N) is 5. The van der Waals surface area contributed by atoms with Crippen LogP contribution in [0.4, 0.5) is 17.2 Å². The standard InChI is InChI=1S/C31H32N6O2/c1-21-18-22(2)30(34-25-11-14-35(15-12-25)26-9-5-4-8-24(26)19-32)23(3)29(21)31(39)36-16-17-37(28(38)20-36)27-10-6-7-13-33-27/h5-7,9-10,13,18,25,34H,11-12,14-17,20H2,1-3H3. The van der Waals surface area contributed by atoms with Gasteiger partial charge in [0.15, 0.2) is 0 Å². The van der Waals surface area contributed by atoms with Gasteiger partial charge in [0.05, 0.1) is 5.69 Å². The summed E-state index contributed by atoms with van der Waals surface area (Å²) in [6.07, 6.45) is 3.48. The molecule has 2 aliphatic heterocycles. The number of rotatable bonds is 5. The smallest absolute Gasteiger partial charge is 0.255 e. The van der Waals surface area contributed by atoms with E-state index in [1.807, 2.05) is 38.1 Å². The summed E-state index contributed by atoms with van der Waals surface area (Å²) in [6.45, 7) is 8.56. The summed E-state index contributed by atoms with van der Waals surface area (Å²) in [6, 6.07) is 19.5. The van der Waals surface area contributed by atoms with Crippen molar-refractivity contribution in [1.82, 2.24) is 9.88 Å². The van der Waals surface area contributed by atoms with Crippen LogP contribution in [0.3, 0.4) is 0 Å². The van der Waals surface area contributed by atoms with E-state index in [2.05, 4.69) is 46.4 Å². The normalized spacial score (nSPS) is 16.1. The highest BCUT2D eigenvalue weighted by Crippen LogP contribution is 2.31. The second-order valence-electron chi connectivity index (χ2n) is 10.2. The molecule has 2 aromatic carbocycles. The lowest BCUT2D eigenvalue weighted by Gasteiger charge is -2.36. The van der Waals surface area contributed by atoms with Crippen molar-refractivity contribution in [3.63, 3.8) is 0 Å². The van der Waals surface area contributed by atoms with E-state index in [1.54, 1.807) is 22.1 Å². The first kappa shape index (κ1) is 26.1. The maximum absolute atomic E-state index is 13.7. The van der Waals surface area contributed by atoms with Gasteiger partial charge in [-0.3, -0.25) is 14.5 Å². The van der Waals surface area contributed by atoms with E-state index in [0.717, 1.165) is 54.0 Å². The molecule has 0 bridgehead atoms. The second kappa shape index (κ2) is 11.0. The minimum Gasteiger partial charge on any atom is -0.382 e. The first-order chi connectivity index (χ1) is 18.9. The molecule has 198 valence electrons. The summed E-state index contributed by atoms with van der Waals surface area (Å²) in [5, 5.41) is 13.2. The van der Waals surface area contributed by atoms with Gasteiger partial charge >= 0.3 is 0 Å². The number of nitriles is 1. The first-order valence-corrected chi connectivity index (χ1v) is 13.3. The fourth-order valence-corrected chi connectivity index (χ4v) is 5.70. The lowest BCUT2D eigenvalue weighted by atomic mass is 9.94. The monoisotopic (exact) mass is 520 g/mol. The molecule has 2 amide bonds. The minimum atomic E-state index is -0.130. The van der Waals surface area contributed by atoms with Crippen LogP contribution in [0, 0.1) is 44.2 Å². The highest BCUT2D eigenvalue weighted by Gasteiger charge is 2.31. The molecule has 1 N–H and O–H groups in total. The molecule has 5 rings (SSSR count). The number of aromatic nitrogens is 1. The van der Waals surface area contributed by atoms with Crippen molar-refractivity contribution in [1.29, 1.82) is 5.26 Å². The maximum atomic E-state index is 13.7. The topological polar surface area (TPSA) is 92.6 Å². The number of hydrogen-bond acceptors (Lipinski definition) is 6. The van der Waals surface area contributed by atoms with Crippen LogP contribution in [-0.4, -0.2) is 60.5 Å². The van der Waals surface area contributed by atoms with Gasteiger partial charge in [0.1, 0.15) is 24.0 Å². The lowest BCUT2D eigenvalue weighted by Crippen LogP contribution is -2.52. The third-order valence-corrected chi connectivity index (χ3v) is 7.69. The third kappa shape index (κ3) is 5.24. The van der Waals surface area contributed by atoms with Crippen molar-refractivity contribution < 1.29 is 9.59 Å². The Kier molecular flexibility index (Phi) is 7.38. The van der Waals surface area contributed by atoms with Gasteiger partial charge in [-0.15, -0.1) is 0 Å². The van der Waals surface area contributed by atoms with Gasteiger partial charge in [-0.05, 0) is 80.6 Å². The van der Waals surface area contributed by atoms with Gasteiger partial charge in [0.2, 0.25) is 5.91 Å². The van der Waals surface area contributed by atoms with E-state index >= 15 is 0 Å². The number of nitrogens with one attached hydrogen (secondary N) is 1. The van der Waals surface area contributed by atoms with Crippen LogP contribution in [0.25, 0.3) is 0 Å². The maximum Gasteiger partial charge on any atom is 0.255 e. The molecule has 2 aliphatic rings. The Balaban J connectivity index is 1.29. The van der Waals surface area contributed by atoms with Gasteiger partial charge in [-0.1, -0.05) is 18.2 Å². The molecule has 39 heavy (non-hydrogen) atoms. The van der Waals surface area contributed by atoms with Gasteiger partial charge in [-0.25, -0.2) is 4.98 Å². The van der Waals surface area contributed by atoms with Crippen LogP contribution < -0.4 is 15.1 Å². The predicted molar refractivity (Wildman–Crippen MR) is 151 cm³/mol. The third-order valence-electron chi connectivity index (χ3n) is 7.69.